The Morgan fingerprint density at radius 1 is 1.47 bits per heavy atom. The fourth-order valence-electron chi connectivity index (χ4n) is 1.12. The van der Waals surface area contributed by atoms with Gasteiger partial charge in [-0.15, -0.1) is 11.3 Å². The van der Waals surface area contributed by atoms with E-state index in [-0.39, 0.29) is 0 Å². The third-order valence-electron chi connectivity index (χ3n) is 1.66. The topological polar surface area (TPSA) is 47.9 Å². The van der Waals surface area contributed by atoms with E-state index in [2.05, 4.69) is 15.0 Å². The second-order valence-electron chi connectivity index (χ2n) is 2.78. The zero-order valence-electron chi connectivity index (χ0n) is 7.98. The Morgan fingerprint density at radius 2 is 2.33 bits per heavy atom. The lowest BCUT2D eigenvalue weighted by molar-refractivity contribution is 0.181. The van der Waals surface area contributed by atoms with E-state index >= 15 is 0 Å². The summed E-state index contributed by atoms with van der Waals surface area (Å²) in [5, 5.41) is 3.03. The van der Waals surface area contributed by atoms with Crippen molar-refractivity contribution in [1.82, 2.24) is 15.0 Å². The van der Waals surface area contributed by atoms with Crippen LogP contribution in [-0.4, -0.2) is 22.1 Å². The van der Waals surface area contributed by atoms with Crippen molar-refractivity contribution >= 4 is 22.9 Å². The summed E-state index contributed by atoms with van der Waals surface area (Å²) >= 11 is 7.35. The number of hydrogen-bond acceptors (Lipinski definition) is 5. The van der Waals surface area contributed by atoms with Crippen molar-refractivity contribution < 1.29 is 4.74 Å². The third kappa shape index (κ3) is 2.50. The lowest BCUT2D eigenvalue weighted by Crippen LogP contribution is -1.97. The number of aromatic nitrogens is 3. The number of ether oxygens (including phenoxy) is 1. The van der Waals surface area contributed by atoms with Crippen LogP contribution in [0.3, 0.4) is 0 Å². The number of methoxy groups -OCH3 is 1. The summed E-state index contributed by atoms with van der Waals surface area (Å²) in [4.78, 5) is 12.5. The third-order valence-corrected chi connectivity index (χ3v) is 2.63. The van der Waals surface area contributed by atoms with Gasteiger partial charge in [0.25, 0.3) is 0 Å². The van der Waals surface area contributed by atoms with Crippen LogP contribution in [0.4, 0.5) is 0 Å². The normalized spacial score (nSPS) is 10.5. The van der Waals surface area contributed by atoms with Crippen LogP contribution in [0, 0.1) is 0 Å². The van der Waals surface area contributed by atoms with Crippen molar-refractivity contribution in [2.75, 3.05) is 7.11 Å². The van der Waals surface area contributed by atoms with E-state index in [1.165, 1.54) is 11.3 Å². The highest BCUT2D eigenvalue weighted by Crippen LogP contribution is 2.20. The van der Waals surface area contributed by atoms with Crippen LogP contribution in [0.25, 0.3) is 10.8 Å². The van der Waals surface area contributed by atoms with Gasteiger partial charge in [0.2, 0.25) is 0 Å². The quantitative estimate of drug-likeness (QED) is 0.775. The van der Waals surface area contributed by atoms with Gasteiger partial charge in [-0.05, 0) is 6.07 Å². The van der Waals surface area contributed by atoms with Crippen LogP contribution in [0.5, 0.6) is 0 Å². The molecule has 0 spiro atoms. The molecule has 0 aliphatic rings. The van der Waals surface area contributed by atoms with Crippen molar-refractivity contribution in [2.45, 2.75) is 6.61 Å². The van der Waals surface area contributed by atoms with E-state index in [4.69, 9.17) is 16.3 Å². The molecule has 4 nitrogen and oxygen atoms in total. The molecule has 2 heterocycles. The predicted octanol–water partition coefficient (Wildman–Crippen LogP) is 2.40. The van der Waals surface area contributed by atoms with E-state index in [1.807, 2.05) is 5.38 Å². The van der Waals surface area contributed by atoms with Gasteiger partial charge in [0.1, 0.15) is 5.15 Å². The molecule has 2 aromatic heterocycles. The molecule has 0 atom stereocenters. The minimum Gasteiger partial charge on any atom is -0.378 e. The molecule has 6 heteroatoms. The molecule has 0 bridgehead atoms. The summed E-state index contributed by atoms with van der Waals surface area (Å²) in [5.74, 6) is 0.546. The Kier molecular flexibility index (Phi) is 3.25. The highest BCUT2D eigenvalue weighted by molar-refractivity contribution is 7.13. The molecule has 0 aliphatic heterocycles. The molecule has 78 valence electrons. The fraction of sp³-hybridized carbons (Fsp3) is 0.222. The number of halogens is 1. The first kappa shape index (κ1) is 10.5. The lowest BCUT2D eigenvalue weighted by atomic mass is 10.4. The SMILES string of the molecule is COCc1cc(Cl)nc(-c2nccs2)n1. The monoisotopic (exact) mass is 241 g/mol. The van der Waals surface area contributed by atoms with Crippen LogP contribution in [-0.2, 0) is 11.3 Å². The molecular weight excluding hydrogens is 234 g/mol. The van der Waals surface area contributed by atoms with Gasteiger partial charge < -0.3 is 4.74 Å². The molecule has 0 N–H and O–H groups in total. The molecular formula is C9H8ClN3OS. The molecule has 0 radical (unpaired) electrons. The Morgan fingerprint density at radius 3 is 3.00 bits per heavy atom. The van der Waals surface area contributed by atoms with Crippen LogP contribution < -0.4 is 0 Å². The number of hydrogen-bond donors (Lipinski definition) is 0. The maximum absolute atomic E-state index is 5.87. The summed E-state index contributed by atoms with van der Waals surface area (Å²) < 4.78 is 4.99. The molecule has 2 aromatic rings. The largest absolute Gasteiger partial charge is 0.378 e. The van der Waals surface area contributed by atoms with Crippen LogP contribution in [0.2, 0.25) is 5.15 Å². The number of nitrogens with zero attached hydrogens (tertiary/aromatic N) is 3. The van der Waals surface area contributed by atoms with Crippen LogP contribution in [0.1, 0.15) is 5.69 Å². The smallest absolute Gasteiger partial charge is 0.190 e. The first-order chi connectivity index (χ1) is 7.29. The van der Waals surface area contributed by atoms with Gasteiger partial charge in [0, 0.05) is 18.7 Å². The Balaban J connectivity index is 2.40. The molecule has 0 saturated heterocycles. The van der Waals surface area contributed by atoms with Gasteiger partial charge in [-0.1, -0.05) is 11.6 Å². The summed E-state index contributed by atoms with van der Waals surface area (Å²) in [6.07, 6.45) is 1.71. The molecule has 0 amide bonds. The molecule has 15 heavy (non-hydrogen) atoms. The Bertz CT molecular complexity index is 447. The maximum atomic E-state index is 5.87. The van der Waals surface area contributed by atoms with Gasteiger partial charge in [-0.25, -0.2) is 15.0 Å². The second-order valence-corrected chi connectivity index (χ2v) is 4.06. The molecule has 0 aromatic carbocycles. The van der Waals surface area contributed by atoms with Gasteiger partial charge in [0.05, 0.1) is 12.3 Å². The van der Waals surface area contributed by atoms with E-state index < -0.39 is 0 Å². The first-order valence-corrected chi connectivity index (χ1v) is 5.47. The molecule has 2 rings (SSSR count). The minimum absolute atomic E-state index is 0.405. The average Bonchev–Trinajstić information content (AvgIpc) is 2.70. The number of thiazole rings is 1. The van der Waals surface area contributed by atoms with Gasteiger partial charge in [0.15, 0.2) is 10.8 Å². The minimum atomic E-state index is 0.405. The highest BCUT2D eigenvalue weighted by Gasteiger charge is 2.07. The zero-order chi connectivity index (χ0) is 10.7. The Hall–Kier alpha value is -1.04. The zero-order valence-corrected chi connectivity index (χ0v) is 9.55. The van der Waals surface area contributed by atoms with Gasteiger partial charge in [-0.2, -0.15) is 0 Å². The van der Waals surface area contributed by atoms with E-state index in [0.29, 0.717) is 17.6 Å². The van der Waals surface area contributed by atoms with E-state index in [0.717, 1.165) is 10.7 Å². The van der Waals surface area contributed by atoms with Crippen molar-refractivity contribution in [3.8, 4) is 10.8 Å². The molecule has 0 aliphatic carbocycles. The van der Waals surface area contributed by atoms with E-state index in [1.54, 1.807) is 19.4 Å². The van der Waals surface area contributed by atoms with Crippen molar-refractivity contribution in [3.05, 3.63) is 28.5 Å². The highest BCUT2D eigenvalue weighted by atomic mass is 35.5. The van der Waals surface area contributed by atoms with Crippen molar-refractivity contribution in [3.63, 3.8) is 0 Å². The summed E-state index contributed by atoms with van der Waals surface area (Å²) in [6, 6.07) is 1.68. The van der Waals surface area contributed by atoms with Crippen LogP contribution >= 0.6 is 22.9 Å². The van der Waals surface area contributed by atoms with Crippen molar-refractivity contribution in [1.29, 1.82) is 0 Å². The standard InChI is InChI=1S/C9H8ClN3OS/c1-14-5-6-4-7(10)13-8(12-6)9-11-2-3-15-9/h2-4H,5H2,1H3. The number of rotatable bonds is 3. The summed E-state index contributed by atoms with van der Waals surface area (Å²) in [5.41, 5.74) is 0.752. The fourth-order valence-corrected chi connectivity index (χ4v) is 1.89. The van der Waals surface area contributed by atoms with Crippen molar-refractivity contribution in [2.24, 2.45) is 0 Å². The first-order valence-electron chi connectivity index (χ1n) is 4.22. The summed E-state index contributed by atoms with van der Waals surface area (Å²) in [6.45, 7) is 0.417. The lowest BCUT2D eigenvalue weighted by Gasteiger charge is -2.01. The molecule has 0 unspecified atom stereocenters. The molecule has 0 fully saturated rings. The maximum Gasteiger partial charge on any atom is 0.190 e. The predicted molar refractivity (Wildman–Crippen MR) is 58.9 cm³/mol. The van der Waals surface area contributed by atoms with E-state index in [9.17, 15) is 0 Å². The van der Waals surface area contributed by atoms with Crippen LogP contribution in [0.15, 0.2) is 17.6 Å². The van der Waals surface area contributed by atoms with Gasteiger partial charge in [-0.3, -0.25) is 0 Å². The second kappa shape index (κ2) is 4.65. The molecule has 0 saturated carbocycles. The van der Waals surface area contributed by atoms with Gasteiger partial charge >= 0.3 is 0 Å². The average molecular weight is 242 g/mol. The Labute approximate surface area is 95.9 Å². The summed E-state index contributed by atoms with van der Waals surface area (Å²) in [7, 11) is 1.61.